The number of alkyl halides is 3. The van der Waals surface area contributed by atoms with E-state index in [1.807, 2.05) is 0 Å². The third-order valence-electron chi connectivity index (χ3n) is 2.59. The van der Waals surface area contributed by atoms with Crippen LogP contribution in [0.25, 0.3) is 0 Å². The maximum atomic E-state index is 12.6. The molecule has 1 N–H and O–H groups in total. The molecular weight excluding hydrogens is 329 g/mol. The van der Waals surface area contributed by atoms with Gasteiger partial charge in [0, 0.05) is 6.61 Å². The number of nitrogens with zero attached hydrogens (tertiary/aromatic N) is 1. The SMILES string of the molecule is O=C(Nc1cc(C(F)(F)F)cc(Br)n1)[C@H]1CCCO1. The number of halogens is 4. The van der Waals surface area contributed by atoms with Crippen LogP contribution in [0.1, 0.15) is 18.4 Å². The normalized spacial score (nSPS) is 19.5. The summed E-state index contributed by atoms with van der Waals surface area (Å²) >= 11 is 2.89. The largest absolute Gasteiger partial charge is 0.416 e. The first-order chi connectivity index (χ1) is 8.86. The number of amides is 1. The van der Waals surface area contributed by atoms with Gasteiger partial charge in [-0.15, -0.1) is 0 Å². The van der Waals surface area contributed by atoms with E-state index in [0.29, 0.717) is 13.0 Å². The number of aromatic nitrogens is 1. The molecule has 0 radical (unpaired) electrons. The predicted octanol–water partition coefficient (Wildman–Crippen LogP) is 2.98. The molecule has 0 aliphatic carbocycles. The maximum Gasteiger partial charge on any atom is 0.416 e. The van der Waals surface area contributed by atoms with E-state index in [4.69, 9.17) is 4.74 Å². The number of hydrogen-bond acceptors (Lipinski definition) is 3. The summed E-state index contributed by atoms with van der Waals surface area (Å²) in [6, 6.07) is 1.64. The molecule has 1 saturated heterocycles. The molecule has 8 heteroatoms. The van der Waals surface area contributed by atoms with Crippen LogP contribution >= 0.6 is 15.9 Å². The number of ether oxygens (including phenoxy) is 1. The molecule has 0 bridgehead atoms. The summed E-state index contributed by atoms with van der Waals surface area (Å²) in [6.45, 7) is 0.484. The van der Waals surface area contributed by atoms with Crippen molar-refractivity contribution in [2.45, 2.75) is 25.1 Å². The van der Waals surface area contributed by atoms with Crippen LogP contribution in [-0.2, 0) is 15.7 Å². The number of rotatable bonds is 2. The highest BCUT2D eigenvalue weighted by Gasteiger charge is 2.32. The smallest absolute Gasteiger partial charge is 0.368 e. The molecule has 1 aliphatic rings. The van der Waals surface area contributed by atoms with Crippen LogP contribution < -0.4 is 5.32 Å². The zero-order valence-electron chi connectivity index (χ0n) is 9.63. The van der Waals surface area contributed by atoms with E-state index in [1.165, 1.54) is 0 Å². The van der Waals surface area contributed by atoms with Crippen LogP contribution in [0, 0.1) is 0 Å². The summed E-state index contributed by atoms with van der Waals surface area (Å²) in [5.41, 5.74) is -0.878. The van der Waals surface area contributed by atoms with Crippen molar-refractivity contribution in [3.63, 3.8) is 0 Å². The average molecular weight is 339 g/mol. The van der Waals surface area contributed by atoms with E-state index in [9.17, 15) is 18.0 Å². The van der Waals surface area contributed by atoms with Crippen molar-refractivity contribution in [3.05, 3.63) is 22.3 Å². The van der Waals surface area contributed by atoms with Crippen LogP contribution in [0.5, 0.6) is 0 Å². The lowest BCUT2D eigenvalue weighted by atomic mass is 10.2. The van der Waals surface area contributed by atoms with Crippen LogP contribution in [0.3, 0.4) is 0 Å². The van der Waals surface area contributed by atoms with Gasteiger partial charge in [-0.25, -0.2) is 4.98 Å². The second kappa shape index (κ2) is 5.46. The van der Waals surface area contributed by atoms with Gasteiger partial charge in [-0.2, -0.15) is 13.2 Å². The van der Waals surface area contributed by atoms with E-state index < -0.39 is 23.8 Å². The average Bonchev–Trinajstić information content (AvgIpc) is 2.80. The molecule has 2 heterocycles. The Morgan fingerprint density at radius 1 is 1.47 bits per heavy atom. The number of carbonyl (C=O) groups excluding carboxylic acids is 1. The third kappa shape index (κ3) is 3.66. The van der Waals surface area contributed by atoms with E-state index >= 15 is 0 Å². The predicted molar refractivity (Wildman–Crippen MR) is 64.5 cm³/mol. The Kier molecular flexibility index (Phi) is 4.10. The summed E-state index contributed by atoms with van der Waals surface area (Å²) in [5.74, 6) is -0.626. The first kappa shape index (κ1) is 14.3. The fraction of sp³-hybridized carbons (Fsp3) is 0.455. The molecule has 1 aliphatic heterocycles. The lowest BCUT2D eigenvalue weighted by Gasteiger charge is -2.12. The Labute approximate surface area is 115 Å². The maximum absolute atomic E-state index is 12.6. The molecule has 19 heavy (non-hydrogen) atoms. The van der Waals surface area contributed by atoms with Crippen molar-refractivity contribution in [3.8, 4) is 0 Å². The molecular formula is C11H10BrF3N2O2. The fourth-order valence-corrected chi connectivity index (χ4v) is 2.15. The van der Waals surface area contributed by atoms with Crippen molar-refractivity contribution in [1.29, 1.82) is 0 Å². The Hall–Kier alpha value is -1.15. The molecule has 0 saturated carbocycles. The van der Waals surface area contributed by atoms with E-state index in [0.717, 1.165) is 18.6 Å². The standard InChI is InChI=1S/C11H10BrF3N2O2/c12-8-4-6(11(13,14)15)5-9(16-8)17-10(18)7-2-1-3-19-7/h4-5,7H,1-3H2,(H,16,17,18)/t7-/m1/s1. The number of pyridine rings is 1. The Morgan fingerprint density at radius 3 is 2.79 bits per heavy atom. The Balaban J connectivity index is 2.16. The van der Waals surface area contributed by atoms with Gasteiger partial charge in [0.25, 0.3) is 5.91 Å². The van der Waals surface area contributed by atoms with Gasteiger partial charge in [0.2, 0.25) is 0 Å². The molecule has 2 rings (SSSR count). The van der Waals surface area contributed by atoms with Gasteiger partial charge in [0.05, 0.1) is 5.56 Å². The second-order valence-electron chi connectivity index (χ2n) is 4.05. The van der Waals surface area contributed by atoms with E-state index in [-0.39, 0.29) is 10.4 Å². The molecule has 1 aromatic rings. The topological polar surface area (TPSA) is 51.2 Å². The minimum atomic E-state index is -4.49. The molecule has 1 atom stereocenters. The van der Waals surface area contributed by atoms with Gasteiger partial charge >= 0.3 is 6.18 Å². The highest BCUT2D eigenvalue weighted by molar-refractivity contribution is 9.10. The monoisotopic (exact) mass is 338 g/mol. The van der Waals surface area contributed by atoms with Gasteiger partial charge in [0.15, 0.2) is 0 Å². The summed E-state index contributed by atoms with van der Waals surface area (Å²) in [6.07, 6.45) is -3.78. The lowest BCUT2D eigenvalue weighted by Crippen LogP contribution is -2.27. The highest BCUT2D eigenvalue weighted by Crippen LogP contribution is 2.32. The van der Waals surface area contributed by atoms with Crippen LogP contribution in [-0.4, -0.2) is 23.6 Å². The molecule has 1 amide bonds. The summed E-state index contributed by atoms with van der Waals surface area (Å²) in [7, 11) is 0. The van der Waals surface area contributed by atoms with Crippen molar-refractivity contribution < 1.29 is 22.7 Å². The van der Waals surface area contributed by atoms with Crippen molar-refractivity contribution >= 4 is 27.7 Å². The number of hydrogen-bond donors (Lipinski definition) is 1. The van der Waals surface area contributed by atoms with Gasteiger partial charge in [-0.3, -0.25) is 4.79 Å². The number of carbonyl (C=O) groups is 1. The van der Waals surface area contributed by atoms with Crippen molar-refractivity contribution in [1.82, 2.24) is 4.98 Å². The minimum absolute atomic E-state index is 0.00460. The zero-order chi connectivity index (χ0) is 14.0. The van der Waals surface area contributed by atoms with Crippen LogP contribution in [0.15, 0.2) is 16.7 Å². The van der Waals surface area contributed by atoms with Gasteiger partial charge in [-0.1, -0.05) is 0 Å². The zero-order valence-corrected chi connectivity index (χ0v) is 11.2. The molecule has 1 fully saturated rings. The van der Waals surface area contributed by atoms with E-state index in [1.54, 1.807) is 0 Å². The van der Waals surface area contributed by atoms with Gasteiger partial charge in [-0.05, 0) is 40.9 Å². The Morgan fingerprint density at radius 2 is 2.21 bits per heavy atom. The fourth-order valence-electron chi connectivity index (χ4n) is 1.72. The summed E-state index contributed by atoms with van der Waals surface area (Å²) < 4.78 is 42.9. The molecule has 0 spiro atoms. The van der Waals surface area contributed by atoms with Crippen molar-refractivity contribution in [2.75, 3.05) is 11.9 Å². The Bertz CT molecular complexity index is 487. The van der Waals surface area contributed by atoms with Crippen LogP contribution in [0.2, 0.25) is 0 Å². The van der Waals surface area contributed by atoms with Gasteiger partial charge < -0.3 is 10.1 Å². The molecule has 4 nitrogen and oxygen atoms in total. The first-order valence-electron chi connectivity index (χ1n) is 5.53. The quantitative estimate of drug-likeness (QED) is 0.843. The summed E-state index contributed by atoms with van der Waals surface area (Å²) in [4.78, 5) is 15.5. The third-order valence-corrected chi connectivity index (χ3v) is 3.00. The highest BCUT2D eigenvalue weighted by atomic mass is 79.9. The first-order valence-corrected chi connectivity index (χ1v) is 6.33. The van der Waals surface area contributed by atoms with E-state index in [2.05, 4.69) is 26.2 Å². The molecule has 0 unspecified atom stereocenters. The lowest BCUT2D eigenvalue weighted by molar-refractivity contribution is -0.137. The molecule has 104 valence electrons. The number of nitrogens with one attached hydrogen (secondary N) is 1. The number of anilines is 1. The van der Waals surface area contributed by atoms with Crippen molar-refractivity contribution in [2.24, 2.45) is 0 Å². The molecule has 1 aromatic heterocycles. The minimum Gasteiger partial charge on any atom is -0.368 e. The van der Waals surface area contributed by atoms with Crippen LogP contribution in [0.4, 0.5) is 19.0 Å². The summed E-state index contributed by atoms with van der Waals surface area (Å²) in [5, 5.41) is 2.33. The van der Waals surface area contributed by atoms with Gasteiger partial charge in [0.1, 0.15) is 16.5 Å². The molecule has 0 aromatic carbocycles. The second-order valence-corrected chi connectivity index (χ2v) is 4.86.